The fraction of sp³-hybridized carbons (Fsp3) is 0.760. The van der Waals surface area contributed by atoms with Crippen molar-refractivity contribution >= 4 is 11.9 Å². The van der Waals surface area contributed by atoms with Crippen LogP contribution in [-0.2, 0) is 16.0 Å². The number of fused-ring (bicyclic) bond motifs is 1. The fourth-order valence-electron chi connectivity index (χ4n) is 4.03. The maximum Gasteiger partial charge on any atom is 0.359 e. The molecule has 0 spiro atoms. The minimum Gasteiger partial charge on any atom is -0.487 e. The van der Waals surface area contributed by atoms with Crippen molar-refractivity contribution in [3.8, 4) is 11.5 Å². The standard InChI is InChI=1S/C25H41NO6/c1-4-7-8-9-10-11-12-13-14-15-17-26-20(24(27)29-5-2)22-23(32-19-16-18-31-22)21(26)25(28)30-6-3/h4-19H2,1-3H3. The second-order valence-corrected chi connectivity index (χ2v) is 8.18. The van der Waals surface area contributed by atoms with Gasteiger partial charge in [0, 0.05) is 13.0 Å². The number of ether oxygens (including phenoxy) is 4. The Morgan fingerprint density at radius 3 is 1.59 bits per heavy atom. The van der Waals surface area contributed by atoms with Gasteiger partial charge in [0.25, 0.3) is 0 Å². The number of hydrogen-bond acceptors (Lipinski definition) is 6. The van der Waals surface area contributed by atoms with Gasteiger partial charge < -0.3 is 23.5 Å². The molecule has 0 fully saturated rings. The van der Waals surface area contributed by atoms with Crippen LogP contribution < -0.4 is 9.47 Å². The van der Waals surface area contributed by atoms with E-state index in [1.165, 1.54) is 44.9 Å². The number of carbonyl (C=O) groups is 2. The second kappa shape index (κ2) is 14.8. The van der Waals surface area contributed by atoms with Crippen molar-refractivity contribution < 1.29 is 28.5 Å². The van der Waals surface area contributed by atoms with Gasteiger partial charge in [0.15, 0.2) is 22.9 Å². The molecule has 0 radical (unpaired) electrons. The lowest BCUT2D eigenvalue weighted by Crippen LogP contribution is -2.19. The first-order valence-electron chi connectivity index (χ1n) is 12.5. The summed E-state index contributed by atoms with van der Waals surface area (Å²) in [5.74, 6) is -0.402. The Bertz CT molecular complexity index is 666. The van der Waals surface area contributed by atoms with Gasteiger partial charge in [-0.1, -0.05) is 64.7 Å². The van der Waals surface area contributed by atoms with E-state index in [4.69, 9.17) is 18.9 Å². The van der Waals surface area contributed by atoms with Gasteiger partial charge >= 0.3 is 11.9 Å². The third-order valence-electron chi connectivity index (χ3n) is 5.63. The summed E-state index contributed by atoms with van der Waals surface area (Å²) in [4.78, 5) is 25.6. The molecule has 7 heteroatoms. The van der Waals surface area contributed by atoms with E-state index in [1.807, 2.05) is 0 Å². The number of unbranched alkanes of at least 4 members (excludes halogenated alkanes) is 9. The molecule has 0 unspecified atom stereocenters. The van der Waals surface area contributed by atoms with Crippen molar-refractivity contribution in [2.75, 3.05) is 26.4 Å². The van der Waals surface area contributed by atoms with Crippen LogP contribution in [0.15, 0.2) is 0 Å². The largest absolute Gasteiger partial charge is 0.487 e. The van der Waals surface area contributed by atoms with E-state index in [0.29, 0.717) is 37.7 Å². The summed E-state index contributed by atoms with van der Waals surface area (Å²) < 4.78 is 23.9. The second-order valence-electron chi connectivity index (χ2n) is 8.18. The Labute approximate surface area is 192 Å². The molecule has 1 aromatic rings. The van der Waals surface area contributed by atoms with E-state index < -0.39 is 11.9 Å². The molecular weight excluding hydrogens is 410 g/mol. The molecule has 0 aromatic carbocycles. The average molecular weight is 452 g/mol. The molecular formula is C25H41NO6. The topological polar surface area (TPSA) is 76.0 Å². The van der Waals surface area contributed by atoms with Crippen molar-refractivity contribution in [3.63, 3.8) is 0 Å². The zero-order chi connectivity index (χ0) is 23.2. The van der Waals surface area contributed by atoms with Gasteiger partial charge in [-0.3, -0.25) is 0 Å². The minimum absolute atomic E-state index is 0.243. The van der Waals surface area contributed by atoms with Gasteiger partial charge in [-0.05, 0) is 20.3 Å². The third-order valence-corrected chi connectivity index (χ3v) is 5.63. The normalized spacial score (nSPS) is 13.0. The van der Waals surface area contributed by atoms with Crippen molar-refractivity contribution in [1.82, 2.24) is 4.57 Å². The Kier molecular flexibility index (Phi) is 12.1. The summed E-state index contributed by atoms with van der Waals surface area (Å²) in [5, 5.41) is 0. The Morgan fingerprint density at radius 1 is 0.719 bits per heavy atom. The van der Waals surface area contributed by atoms with Crippen molar-refractivity contribution in [2.45, 2.75) is 97.9 Å². The molecule has 0 N–H and O–H groups in total. The van der Waals surface area contributed by atoms with Gasteiger partial charge in [-0.15, -0.1) is 0 Å². The predicted molar refractivity (Wildman–Crippen MR) is 124 cm³/mol. The molecule has 0 bridgehead atoms. The summed E-state index contributed by atoms with van der Waals surface area (Å²) in [7, 11) is 0. The van der Waals surface area contributed by atoms with Crippen LogP contribution in [0.1, 0.15) is 112 Å². The molecule has 0 amide bonds. The van der Waals surface area contributed by atoms with Crippen LogP contribution in [-0.4, -0.2) is 42.9 Å². The highest BCUT2D eigenvalue weighted by Gasteiger charge is 2.35. The van der Waals surface area contributed by atoms with E-state index in [1.54, 1.807) is 18.4 Å². The first-order chi connectivity index (χ1) is 15.7. The van der Waals surface area contributed by atoms with Gasteiger partial charge in [0.1, 0.15) is 0 Å². The van der Waals surface area contributed by atoms with Crippen LogP contribution in [0.4, 0.5) is 0 Å². The van der Waals surface area contributed by atoms with Crippen molar-refractivity contribution in [3.05, 3.63) is 11.4 Å². The SMILES string of the molecule is CCCCCCCCCCCCn1c(C(=O)OCC)c2c(c1C(=O)OCC)OCCCO2. The zero-order valence-electron chi connectivity index (χ0n) is 20.2. The monoisotopic (exact) mass is 451 g/mol. The summed E-state index contributed by atoms with van der Waals surface area (Å²) in [6.45, 7) is 7.60. The van der Waals surface area contributed by atoms with E-state index in [9.17, 15) is 9.59 Å². The molecule has 0 saturated carbocycles. The predicted octanol–water partition coefficient (Wildman–Crippen LogP) is 5.92. The lowest BCUT2D eigenvalue weighted by molar-refractivity contribution is 0.0498. The molecule has 182 valence electrons. The Morgan fingerprint density at radius 2 is 1.16 bits per heavy atom. The van der Waals surface area contributed by atoms with E-state index in [0.717, 1.165) is 19.3 Å². The van der Waals surface area contributed by atoms with Gasteiger partial charge in [-0.25, -0.2) is 9.59 Å². The fourth-order valence-corrected chi connectivity index (χ4v) is 4.03. The van der Waals surface area contributed by atoms with Crippen LogP contribution in [0.3, 0.4) is 0 Å². The Balaban J connectivity index is 2.08. The molecule has 1 aliphatic rings. The van der Waals surface area contributed by atoms with Crippen LogP contribution in [0.25, 0.3) is 0 Å². The van der Waals surface area contributed by atoms with Gasteiger partial charge in [0.2, 0.25) is 0 Å². The molecule has 0 aliphatic carbocycles. The maximum absolute atomic E-state index is 12.8. The average Bonchev–Trinajstić information content (AvgIpc) is 2.90. The van der Waals surface area contributed by atoms with Crippen molar-refractivity contribution in [2.24, 2.45) is 0 Å². The van der Waals surface area contributed by atoms with Crippen LogP contribution >= 0.6 is 0 Å². The number of esters is 2. The third kappa shape index (κ3) is 7.45. The number of aromatic nitrogens is 1. The van der Waals surface area contributed by atoms with E-state index in [-0.39, 0.29) is 24.6 Å². The van der Waals surface area contributed by atoms with Crippen molar-refractivity contribution in [1.29, 1.82) is 0 Å². The molecule has 2 heterocycles. The van der Waals surface area contributed by atoms with Crippen LogP contribution in [0.2, 0.25) is 0 Å². The van der Waals surface area contributed by atoms with Gasteiger partial charge in [-0.2, -0.15) is 0 Å². The highest BCUT2D eigenvalue weighted by atomic mass is 16.6. The molecule has 1 aliphatic heterocycles. The maximum atomic E-state index is 12.8. The van der Waals surface area contributed by atoms with Crippen LogP contribution in [0, 0.1) is 0 Å². The van der Waals surface area contributed by atoms with Crippen LogP contribution in [0.5, 0.6) is 11.5 Å². The highest BCUT2D eigenvalue weighted by molar-refractivity contribution is 5.99. The summed E-state index contributed by atoms with van der Waals surface area (Å²) >= 11 is 0. The lowest BCUT2D eigenvalue weighted by Gasteiger charge is -2.13. The molecule has 0 saturated heterocycles. The highest BCUT2D eigenvalue weighted by Crippen LogP contribution is 2.41. The molecule has 0 atom stereocenters. The summed E-state index contributed by atoms with van der Waals surface area (Å²) in [6.07, 6.45) is 12.8. The molecule has 1 aromatic heterocycles. The number of nitrogens with zero attached hydrogens (tertiary/aromatic N) is 1. The molecule has 7 nitrogen and oxygen atoms in total. The first-order valence-corrected chi connectivity index (χ1v) is 12.5. The first kappa shape index (κ1) is 26.1. The summed E-state index contributed by atoms with van der Waals surface area (Å²) in [6, 6.07) is 0. The molecule has 32 heavy (non-hydrogen) atoms. The summed E-state index contributed by atoms with van der Waals surface area (Å²) in [5.41, 5.74) is 0.505. The van der Waals surface area contributed by atoms with E-state index in [2.05, 4.69) is 6.92 Å². The minimum atomic E-state index is -0.503. The number of carbonyl (C=O) groups excluding carboxylic acids is 2. The Hall–Kier alpha value is -2.18. The quantitative estimate of drug-likeness (QED) is 0.243. The van der Waals surface area contributed by atoms with Gasteiger partial charge in [0.05, 0.1) is 26.4 Å². The number of hydrogen-bond donors (Lipinski definition) is 0. The van der Waals surface area contributed by atoms with E-state index >= 15 is 0 Å². The lowest BCUT2D eigenvalue weighted by atomic mass is 10.1. The number of rotatable bonds is 15. The zero-order valence-corrected chi connectivity index (χ0v) is 20.2. The molecule has 2 rings (SSSR count). The smallest absolute Gasteiger partial charge is 0.359 e.